The van der Waals surface area contributed by atoms with Gasteiger partial charge in [0.05, 0.1) is 13.2 Å². The summed E-state index contributed by atoms with van der Waals surface area (Å²) in [6.45, 7) is 1.80. The van der Waals surface area contributed by atoms with Gasteiger partial charge in [-0.05, 0) is 12.8 Å². The van der Waals surface area contributed by atoms with Crippen LogP contribution in [0, 0.1) is 0 Å². The second-order valence-corrected chi connectivity index (χ2v) is 5.72. The van der Waals surface area contributed by atoms with Crippen LogP contribution in [0.1, 0.15) is 12.8 Å². The van der Waals surface area contributed by atoms with E-state index in [9.17, 15) is 4.79 Å². The van der Waals surface area contributed by atoms with Crippen molar-refractivity contribution >= 4 is 17.5 Å². The second kappa shape index (κ2) is 5.85. The van der Waals surface area contributed by atoms with Gasteiger partial charge >= 0.3 is 0 Å². The van der Waals surface area contributed by atoms with E-state index in [1.165, 1.54) is 0 Å². The van der Waals surface area contributed by atoms with Crippen molar-refractivity contribution in [3.63, 3.8) is 0 Å². The first-order valence-corrected chi connectivity index (χ1v) is 7.30. The van der Waals surface area contributed by atoms with Crippen LogP contribution in [0.4, 0.5) is 11.6 Å². The van der Waals surface area contributed by atoms with E-state index in [1.54, 1.807) is 6.33 Å². The molecule has 0 bridgehead atoms. The molecule has 1 saturated carbocycles. The Morgan fingerprint density at radius 1 is 1.43 bits per heavy atom. The van der Waals surface area contributed by atoms with Crippen LogP contribution < -0.4 is 15.1 Å². The summed E-state index contributed by atoms with van der Waals surface area (Å²) in [5.41, 5.74) is 0. The number of nitrogens with zero attached hydrogens (tertiary/aromatic N) is 4. The summed E-state index contributed by atoms with van der Waals surface area (Å²) in [6, 6.07) is 2.29. The first-order valence-electron chi connectivity index (χ1n) is 7.30. The highest BCUT2D eigenvalue weighted by atomic mass is 16.5. The Labute approximate surface area is 124 Å². The number of rotatable bonds is 4. The highest BCUT2D eigenvalue weighted by Crippen LogP contribution is 2.21. The third kappa shape index (κ3) is 3.41. The normalized spacial score (nSPS) is 22.0. The lowest BCUT2D eigenvalue weighted by atomic mass is 10.2. The van der Waals surface area contributed by atoms with Crippen molar-refractivity contribution in [2.75, 3.05) is 43.6 Å². The molecule has 3 rings (SSSR count). The monoisotopic (exact) mass is 291 g/mol. The number of ether oxygens (including phenoxy) is 1. The topological polar surface area (TPSA) is 70.6 Å². The van der Waals surface area contributed by atoms with Crippen molar-refractivity contribution in [1.29, 1.82) is 0 Å². The summed E-state index contributed by atoms with van der Waals surface area (Å²) in [7, 11) is 3.88. The Balaban J connectivity index is 1.67. The number of morpholine rings is 1. The Bertz CT molecular complexity index is 518. The van der Waals surface area contributed by atoms with E-state index in [2.05, 4.69) is 20.2 Å². The Kier molecular flexibility index (Phi) is 3.92. The maximum atomic E-state index is 12.1. The van der Waals surface area contributed by atoms with E-state index in [4.69, 9.17) is 4.74 Å². The number of anilines is 2. The molecule has 2 aliphatic rings. The molecule has 1 aliphatic carbocycles. The molecule has 1 saturated heterocycles. The van der Waals surface area contributed by atoms with Crippen LogP contribution in [0.3, 0.4) is 0 Å². The summed E-state index contributed by atoms with van der Waals surface area (Å²) in [5, 5.41) is 2.99. The summed E-state index contributed by atoms with van der Waals surface area (Å²) in [6.07, 6.45) is 3.30. The third-order valence-electron chi connectivity index (χ3n) is 3.70. The zero-order chi connectivity index (χ0) is 14.8. The van der Waals surface area contributed by atoms with E-state index < -0.39 is 6.10 Å². The summed E-state index contributed by atoms with van der Waals surface area (Å²) < 4.78 is 5.59. The Hall–Kier alpha value is -1.89. The van der Waals surface area contributed by atoms with Crippen LogP contribution in [-0.4, -0.2) is 61.8 Å². The molecule has 0 spiro atoms. The Morgan fingerprint density at radius 2 is 2.24 bits per heavy atom. The molecule has 1 aromatic heterocycles. The average molecular weight is 291 g/mol. The molecule has 21 heavy (non-hydrogen) atoms. The molecule has 0 radical (unpaired) electrons. The fourth-order valence-corrected chi connectivity index (χ4v) is 2.29. The molecule has 0 aromatic carbocycles. The predicted molar refractivity (Wildman–Crippen MR) is 79.5 cm³/mol. The number of aromatic nitrogens is 2. The molecule has 1 unspecified atom stereocenters. The van der Waals surface area contributed by atoms with Crippen LogP contribution in [0.15, 0.2) is 12.4 Å². The van der Waals surface area contributed by atoms with Gasteiger partial charge in [0.15, 0.2) is 6.10 Å². The minimum atomic E-state index is -0.419. The summed E-state index contributed by atoms with van der Waals surface area (Å²) in [4.78, 5) is 24.6. The maximum absolute atomic E-state index is 12.1. The maximum Gasteiger partial charge on any atom is 0.251 e. The standard InChI is InChI=1S/C14H21N5O2/c1-18(2)12-7-13(16-9-15-12)19-5-6-21-11(8-19)14(20)17-10-3-4-10/h7,9-11H,3-6,8H2,1-2H3,(H,17,20). The first-order chi connectivity index (χ1) is 10.1. The molecular formula is C14H21N5O2. The van der Waals surface area contributed by atoms with E-state index in [0.717, 1.165) is 31.0 Å². The molecule has 114 valence electrons. The largest absolute Gasteiger partial charge is 0.365 e. The van der Waals surface area contributed by atoms with E-state index >= 15 is 0 Å². The van der Waals surface area contributed by atoms with Crippen molar-refractivity contribution in [3.05, 3.63) is 12.4 Å². The zero-order valence-corrected chi connectivity index (χ0v) is 12.5. The number of hydrogen-bond donors (Lipinski definition) is 1. The van der Waals surface area contributed by atoms with Crippen LogP contribution in [0.2, 0.25) is 0 Å². The average Bonchev–Trinajstić information content (AvgIpc) is 3.31. The quantitative estimate of drug-likeness (QED) is 0.844. The highest BCUT2D eigenvalue weighted by molar-refractivity contribution is 5.82. The van der Waals surface area contributed by atoms with Crippen LogP contribution in [0.25, 0.3) is 0 Å². The van der Waals surface area contributed by atoms with Gasteiger partial charge in [0, 0.05) is 32.7 Å². The summed E-state index contributed by atoms with van der Waals surface area (Å²) >= 11 is 0. The van der Waals surface area contributed by atoms with Crippen LogP contribution >= 0.6 is 0 Å². The Morgan fingerprint density at radius 3 is 2.95 bits per heavy atom. The van der Waals surface area contributed by atoms with Gasteiger partial charge in [-0.25, -0.2) is 9.97 Å². The van der Waals surface area contributed by atoms with Gasteiger partial charge in [0.1, 0.15) is 18.0 Å². The third-order valence-corrected chi connectivity index (χ3v) is 3.70. The van der Waals surface area contributed by atoms with Gasteiger partial charge in [-0.3, -0.25) is 4.79 Å². The van der Waals surface area contributed by atoms with Crippen molar-refractivity contribution in [3.8, 4) is 0 Å². The lowest BCUT2D eigenvalue weighted by molar-refractivity contribution is -0.133. The van der Waals surface area contributed by atoms with Gasteiger partial charge in [0.25, 0.3) is 5.91 Å². The molecule has 1 amide bonds. The van der Waals surface area contributed by atoms with Crippen molar-refractivity contribution in [1.82, 2.24) is 15.3 Å². The lowest BCUT2D eigenvalue weighted by Crippen LogP contribution is -2.50. The number of hydrogen-bond acceptors (Lipinski definition) is 6. The minimum absolute atomic E-state index is 0.0101. The summed E-state index contributed by atoms with van der Waals surface area (Å²) in [5.74, 6) is 1.68. The SMILES string of the molecule is CN(C)c1cc(N2CCOC(C(=O)NC3CC3)C2)ncn1. The van der Waals surface area contributed by atoms with Gasteiger partial charge < -0.3 is 19.9 Å². The van der Waals surface area contributed by atoms with Gasteiger partial charge in [-0.15, -0.1) is 0 Å². The molecule has 2 fully saturated rings. The predicted octanol–water partition coefficient (Wildman–Crippen LogP) is 0.0264. The van der Waals surface area contributed by atoms with Gasteiger partial charge in [-0.2, -0.15) is 0 Å². The molecule has 7 nitrogen and oxygen atoms in total. The zero-order valence-electron chi connectivity index (χ0n) is 12.5. The van der Waals surface area contributed by atoms with E-state index in [0.29, 0.717) is 19.2 Å². The molecular weight excluding hydrogens is 270 g/mol. The van der Waals surface area contributed by atoms with Crippen molar-refractivity contribution in [2.45, 2.75) is 25.0 Å². The fourth-order valence-electron chi connectivity index (χ4n) is 2.29. The molecule has 1 atom stereocenters. The first kappa shape index (κ1) is 14.1. The van der Waals surface area contributed by atoms with Crippen molar-refractivity contribution in [2.24, 2.45) is 0 Å². The van der Waals surface area contributed by atoms with Crippen LogP contribution in [0.5, 0.6) is 0 Å². The number of carbonyl (C=O) groups is 1. The highest BCUT2D eigenvalue weighted by Gasteiger charge is 2.31. The smallest absolute Gasteiger partial charge is 0.251 e. The van der Waals surface area contributed by atoms with Gasteiger partial charge in [-0.1, -0.05) is 0 Å². The lowest BCUT2D eigenvalue weighted by Gasteiger charge is -2.33. The molecule has 1 aromatic rings. The number of amides is 1. The van der Waals surface area contributed by atoms with E-state index in [1.807, 2.05) is 25.1 Å². The molecule has 2 heterocycles. The van der Waals surface area contributed by atoms with Crippen LogP contribution in [-0.2, 0) is 9.53 Å². The number of carbonyl (C=O) groups excluding carboxylic acids is 1. The van der Waals surface area contributed by atoms with Crippen molar-refractivity contribution < 1.29 is 9.53 Å². The molecule has 7 heteroatoms. The molecule has 1 N–H and O–H groups in total. The number of nitrogens with one attached hydrogen (secondary N) is 1. The van der Waals surface area contributed by atoms with E-state index in [-0.39, 0.29) is 5.91 Å². The second-order valence-electron chi connectivity index (χ2n) is 5.72. The minimum Gasteiger partial charge on any atom is -0.365 e. The fraction of sp³-hybridized carbons (Fsp3) is 0.643. The molecule has 1 aliphatic heterocycles. The van der Waals surface area contributed by atoms with Gasteiger partial charge in [0.2, 0.25) is 0 Å².